The van der Waals surface area contributed by atoms with E-state index in [2.05, 4.69) is 22.3 Å². The van der Waals surface area contributed by atoms with Crippen molar-refractivity contribution in [3.8, 4) is 0 Å². The molecule has 21 heavy (non-hydrogen) atoms. The fraction of sp³-hybridized carbons (Fsp3) is 0.625. The lowest BCUT2D eigenvalue weighted by atomic mass is 9.97. The number of carbonyl (C=O) groups is 1. The van der Waals surface area contributed by atoms with Gasteiger partial charge in [0, 0.05) is 25.2 Å². The van der Waals surface area contributed by atoms with Crippen molar-refractivity contribution in [2.45, 2.75) is 32.1 Å². The average molecular weight is 289 g/mol. The average Bonchev–Trinajstić information content (AvgIpc) is 2.53. The Bertz CT molecular complexity index is 510. The second-order valence-electron chi connectivity index (χ2n) is 6.04. The number of aliphatic carboxylic acids is 1. The maximum atomic E-state index is 10.9. The first-order valence-corrected chi connectivity index (χ1v) is 7.90. The summed E-state index contributed by atoms with van der Waals surface area (Å²) in [5, 5.41) is 12.4. The van der Waals surface area contributed by atoms with Crippen molar-refractivity contribution < 1.29 is 9.90 Å². The fourth-order valence-corrected chi connectivity index (χ4v) is 3.18. The summed E-state index contributed by atoms with van der Waals surface area (Å²) in [5.41, 5.74) is 2.45. The molecule has 1 saturated heterocycles. The van der Waals surface area contributed by atoms with Crippen LogP contribution in [-0.4, -0.2) is 47.1 Å². The Morgan fingerprint density at radius 2 is 2.19 bits per heavy atom. The predicted octanol–water partition coefficient (Wildman–Crippen LogP) is 1.78. The highest BCUT2D eigenvalue weighted by Gasteiger charge is 2.24. The van der Waals surface area contributed by atoms with E-state index in [4.69, 9.17) is 10.1 Å². The number of aryl methyl sites for hydroxylation is 1. The number of nitrogens with zero attached hydrogens (tertiary/aromatic N) is 2. The minimum Gasteiger partial charge on any atom is -0.481 e. The molecular formula is C16H23N3O2. The number of piperidine rings is 1. The first-order chi connectivity index (χ1) is 10.2. The molecule has 0 spiro atoms. The van der Waals surface area contributed by atoms with Crippen LogP contribution in [0, 0.1) is 5.92 Å². The standard InChI is InChI=1S/C16H23N3O2/c20-16(21)13-5-9-19(10-6-13)11-7-14-4-3-12-2-1-8-17-15(12)18-14/h3-4,13H,1-2,5-11H2,(H,17,18)(H,20,21). The van der Waals surface area contributed by atoms with Gasteiger partial charge in [-0.25, -0.2) is 4.98 Å². The van der Waals surface area contributed by atoms with Gasteiger partial charge in [0.25, 0.3) is 0 Å². The predicted molar refractivity (Wildman–Crippen MR) is 81.6 cm³/mol. The number of anilines is 1. The van der Waals surface area contributed by atoms with Crippen LogP contribution in [0.15, 0.2) is 12.1 Å². The summed E-state index contributed by atoms with van der Waals surface area (Å²) in [5.74, 6) is 0.271. The smallest absolute Gasteiger partial charge is 0.306 e. The molecular weight excluding hydrogens is 266 g/mol. The van der Waals surface area contributed by atoms with Crippen LogP contribution >= 0.6 is 0 Å². The molecule has 3 heterocycles. The Labute approximate surface area is 125 Å². The van der Waals surface area contributed by atoms with E-state index in [1.54, 1.807) is 0 Å². The van der Waals surface area contributed by atoms with Gasteiger partial charge in [-0.05, 0) is 50.4 Å². The number of likely N-dealkylation sites (tertiary alicyclic amines) is 1. The Balaban J connectivity index is 1.50. The number of carboxylic acid groups (broad SMARTS) is 1. The molecule has 5 nitrogen and oxygen atoms in total. The lowest BCUT2D eigenvalue weighted by Gasteiger charge is -2.29. The van der Waals surface area contributed by atoms with Crippen LogP contribution < -0.4 is 5.32 Å². The lowest BCUT2D eigenvalue weighted by molar-refractivity contribution is -0.143. The summed E-state index contributed by atoms with van der Waals surface area (Å²) in [7, 11) is 0. The summed E-state index contributed by atoms with van der Waals surface area (Å²) in [6.07, 6.45) is 4.79. The molecule has 0 amide bonds. The van der Waals surface area contributed by atoms with E-state index < -0.39 is 5.97 Å². The van der Waals surface area contributed by atoms with Gasteiger partial charge in [-0.3, -0.25) is 4.79 Å². The van der Waals surface area contributed by atoms with E-state index in [1.807, 2.05) is 0 Å². The molecule has 0 saturated carbocycles. The van der Waals surface area contributed by atoms with E-state index in [1.165, 1.54) is 12.0 Å². The summed E-state index contributed by atoms with van der Waals surface area (Å²) >= 11 is 0. The van der Waals surface area contributed by atoms with Crippen LogP contribution in [0.1, 0.15) is 30.5 Å². The maximum Gasteiger partial charge on any atom is 0.306 e. The van der Waals surface area contributed by atoms with Crippen LogP contribution in [0.25, 0.3) is 0 Å². The number of carboxylic acids is 1. The van der Waals surface area contributed by atoms with Crippen molar-refractivity contribution in [3.05, 3.63) is 23.4 Å². The van der Waals surface area contributed by atoms with Gasteiger partial charge in [0.2, 0.25) is 0 Å². The van der Waals surface area contributed by atoms with Crippen LogP contribution in [0.4, 0.5) is 5.82 Å². The summed E-state index contributed by atoms with van der Waals surface area (Å²) in [6.45, 7) is 3.77. The number of rotatable bonds is 4. The molecule has 0 atom stereocenters. The quantitative estimate of drug-likeness (QED) is 0.884. The van der Waals surface area contributed by atoms with E-state index >= 15 is 0 Å². The number of hydrogen-bond acceptors (Lipinski definition) is 4. The lowest BCUT2D eigenvalue weighted by Crippen LogP contribution is -2.37. The molecule has 0 unspecified atom stereocenters. The molecule has 0 aromatic carbocycles. The maximum absolute atomic E-state index is 10.9. The highest BCUT2D eigenvalue weighted by molar-refractivity contribution is 5.70. The molecule has 1 fully saturated rings. The Kier molecular flexibility index (Phi) is 4.39. The van der Waals surface area contributed by atoms with Gasteiger partial charge < -0.3 is 15.3 Å². The van der Waals surface area contributed by atoms with E-state index in [0.717, 1.165) is 63.4 Å². The number of hydrogen-bond donors (Lipinski definition) is 2. The van der Waals surface area contributed by atoms with Gasteiger partial charge in [0.05, 0.1) is 5.92 Å². The van der Waals surface area contributed by atoms with Gasteiger partial charge in [0.15, 0.2) is 0 Å². The van der Waals surface area contributed by atoms with Gasteiger partial charge in [-0.1, -0.05) is 6.07 Å². The molecule has 0 bridgehead atoms. The van der Waals surface area contributed by atoms with Crippen LogP contribution in [0.5, 0.6) is 0 Å². The Morgan fingerprint density at radius 3 is 2.95 bits per heavy atom. The van der Waals surface area contributed by atoms with Crippen molar-refractivity contribution in [2.75, 3.05) is 31.5 Å². The molecule has 0 radical (unpaired) electrons. The molecule has 114 valence electrons. The van der Waals surface area contributed by atoms with Crippen molar-refractivity contribution >= 4 is 11.8 Å². The van der Waals surface area contributed by atoms with Crippen LogP contribution in [0.2, 0.25) is 0 Å². The first-order valence-electron chi connectivity index (χ1n) is 7.90. The monoisotopic (exact) mass is 289 g/mol. The molecule has 2 N–H and O–H groups in total. The minimum atomic E-state index is -0.642. The number of pyridine rings is 1. The summed E-state index contributed by atoms with van der Waals surface area (Å²) < 4.78 is 0. The van der Waals surface area contributed by atoms with E-state index in [-0.39, 0.29) is 5.92 Å². The largest absolute Gasteiger partial charge is 0.481 e. The normalized spacial score (nSPS) is 19.8. The number of nitrogens with one attached hydrogen (secondary N) is 1. The van der Waals surface area contributed by atoms with Crippen molar-refractivity contribution in [3.63, 3.8) is 0 Å². The molecule has 1 aromatic heterocycles. The van der Waals surface area contributed by atoms with E-state index in [0.29, 0.717) is 0 Å². The minimum absolute atomic E-state index is 0.146. The highest BCUT2D eigenvalue weighted by Crippen LogP contribution is 2.21. The zero-order valence-electron chi connectivity index (χ0n) is 12.3. The summed E-state index contributed by atoms with van der Waals surface area (Å²) in [4.78, 5) is 18.0. The zero-order chi connectivity index (χ0) is 14.7. The molecule has 2 aliphatic heterocycles. The topological polar surface area (TPSA) is 65.5 Å². The Morgan fingerprint density at radius 1 is 1.38 bits per heavy atom. The highest BCUT2D eigenvalue weighted by atomic mass is 16.4. The second kappa shape index (κ2) is 6.43. The molecule has 2 aliphatic rings. The third-order valence-electron chi connectivity index (χ3n) is 4.57. The fourth-order valence-electron chi connectivity index (χ4n) is 3.18. The third-order valence-corrected chi connectivity index (χ3v) is 4.57. The zero-order valence-corrected chi connectivity index (χ0v) is 12.3. The van der Waals surface area contributed by atoms with Crippen molar-refractivity contribution in [1.29, 1.82) is 0 Å². The Hall–Kier alpha value is -1.62. The van der Waals surface area contributed by atoms with Crippen LogP contribution in [0.3, 0.4) is 0 Å². The van der Waals surface area contributed by atoms with Gasteiger partial charge in [-0.15, -0.1) is 0 Å². The van der Waals surface area contributed by atoms with Gasteiger partial charge in [-0.2, -0.15) is 0 Å². The van der Waals surface area contributed by atoms with Gasteiger partial charge in [0.1, 0.15) is 5.82 Å². The SMILES string of the molecule is O=C(O)C1CCN(CCc2ccc3c(n2)NCCC3)CC1. The molecule has 0 aliphatic carbocycles. The number of fused-ring (bicyclic) bond motifs is 1. The third kappa shape index (κ3) is 3.53. The molecule has 1 aromatic rings. The van der Waals surface area contributed by atoms with Crippen molar-refractivity contribution in [1.82, 2.24) is 9.88 Å². The van der Waals surface area contributed by atoms with Gasteiger partial charge >= 0.3 is 5.97 Å². The second-order valence-corrected chi connectivity index (χ2v) is 6.04. The van der Waals surface area contributed by atoms with E-state index in [9.17, 15) is 4.79 Å². The molecule has 3 rings (SSSR count). The van der Waals surface area contributed by atoms with Crippen LogP contribution in [-0.2, 0) is 17.6 Å². The van der Waals surface area contributed by atoms with Crippen molar-refractivity contribution in [2.24, 2.45) is 5.92 Å². The molecule has 5 heteroatoms. The number of aromatic nitrogens is 1. The summed E-state index contributed by atoms with van der Waals surface area (Å²) in [6, 6.07) is 4.33. The first kappa shape index (κ1) is 14.3.